The zero-order valence-corrected chi connectivity index (χ0v) is 23.6. The number of anilines is 1. The van der Waals surface area contributed by atoms with Crippen molar-refractivity contribution in [1.82, 2.24) is 15.5 Å². The van der Waals surface area contributed by atoms with Gasteiger partial charge in [0.15, 0.2) is 0 Å². The number of nitrogens with one attached hydrogen (secondary N) is 3. The lowest BCUT2D eigenvalue weighted by Crippen LogP contribution is -2.69. The average molecular weight is 605 g/mol. The highest BCUT2D eigenvalue weighted by Gasteiger charge is 2.60. The fraction of sp³-hybridized carbons (Fsp3) is 0.577. The maximum absolute atomic E-state index is 15.0. The van der Waals surface area contributed by atoms with Crippen LogP contribution in [-0.4, -0.2) is 74.4 Å². The molecule has 3 saturated heterocycles. The average Bonchev–Trinajstić information content (AvgIpc) is 3.27. The Balaban J connectivity index is 1.59. The molecule has 1 aromatic carbocycles. The highest BCUT2D eigenvalue weighted by molar-refractivity contribution is 7.94. The van der Waals surface area contributed by atoms with Gasteiger partial charge in [0.05, 0.1) is 18.5 Å². The molecule has 4 aliphatic rings. The van der Waals surface area contributed by atoms with Crippen LogP contribution in [0, 0.1) is 18.8 Å². The number of carbonyl (C=O) groups excluding carboxylic acids is 3. The molecule has 1 aliphatic carbocycles. The van der Waals surface area contributed by atoms with Crippen LogP contribution in [0.15, 0.2) is 29.4 Å². The molecule has 3 amide bonds. The molecule has 40 heavy (non-hydrogen) atoms. The Hall–Kier alpha value is -2.80. The molecule has 14 heteroatoms. The van der Waals surface area contributed by atoms with Gasteiger partial charge in [0, 0.05) is 41.9 Å². The molecule has 3 aliphatic heterocycles. The lowest BCUT2D eigenvalue weighted by Gasteiger charge is -2.53. The molecule has 0 unspecified atom stereocenters. The van der Waals surface area contributed by atoms with Crippen LogP contribution in [0.4, 0.5) is 18.9 Å². The molecule has 0 spiro atoms. The SMILES string of the molecule is Cc1c(Cl)cccc1NCC(=O)N1[C@@H]2CC[C@H]([C@@H]1C(=O)N[C@H](/C=C(/F)S(C)(=O)=O)C[C@@H]1CCNC1=O)C(F)(F)C2. The molecule has 1 aromatic rings. The van der Waals surface area contributed by atoms with Gasteiger partial charge in [-0.05, 0) is 56.4 Å². The van der Waals surface area contributed by atoms with Gasteiger partial charge < -0.3 is 20.9 Å². The van der Waals surface area contributed by atoms with E-state index in [0.29, 0.717) is 48.0 Å². The quantitative estimate of drug-likeness (QED) is 0.398. The van der Waals surface area contributed by atoms with Gasteiger partial charge in [0.1, 0.15) is 6.04 Å². The third kappa shape index (κ3) is 6.40. The first-order chi connectivity index (χ1) is 18.7. The minimum absolute atomic E-state index is 0.00357. The molecule has 0 aromatic heterocycles. The van der Waals surface area contributed by atoms with Crippen molar-refractivity contribution in [2.75, 3.05) is 24.7 Å². The van der Waals surface area contributed by atoms with Crippen molar-refractivity contribution in [3.8, 4) is 0 Å². The van der Waals surface area contributed by atoms with Crippen LogP contribution in [0.5, 0.6) is 0 Å². The monoisotopic (exact) mass is 604 g/mol. The number of fused-ring (bicyclic) bond motifs is 3. The first kappa shape index (κ1) is 30.2. The molecule has 4 fully saturated rings. The summed E-state index contributed by atoms with van der Waals surface area (Å²) in [6, 6.07) is 1.34. The molecule has 220 valence electrons. The van der Waals surface area contributed by atoms with Gasteiger partial charge in [-0.3, -0.25) is 14.4 Å². The minimum Gasteiger partial charge on any atom is -0.376 e. The van der Waals surface area contributed by atoms with E-state index in [0.717, 1.165) is 0 Å². The van der Waals surface area contributed by atoms with Crippen molar-refractivity contribution in [2.24, 2.45) is 11.8 Å². The van der Waals surface area contributed by atoms with E-state index in [1.54, 1.807) is 25.1 Å². The van der Waals surface area contributed by atoms with Gasteiger partial charge >= 0.3 is 0 Å². The number of hydrogen-bond donors (Lipinski definition) is 3. The number of hydrogen-bond acceptors (Lipinski definition) is 6. The second-order valence-electron chi connectivity index (χ2n) is 10.7. The van der Waals surface area contributed by atoms with Crippen LogP contribution in [0.2, 0.25) is 5.02 Å². The number of piperidine rings is 2. The summed E-state index contributed by atoms with van der Waals surface area (Å²) in [4.78, 5) is 40.3. The number of nitrogens with zero attached hydrogens (tertiary/aromatic N) is 1. The Morgan fingerprint density at radius 1 is 1.27 bits per heavy atom. The largest absolute Gasteiger partial charge is 0.376 e. The number of benzene rings is 1. The maximum atomic E-state index is 15.0. The lowest BCUT2D eigenvalue weighted by molar-refractivity contribution is -0.193. The van der Waals surface area contributed by atoms with Crippen LogP contribution < -0.4 is 16.0 Å². The normalized spacial score (nSPS) is 26.8. The molecular formula is C26H32ClF3N4O5S. The zero-order chi connectivity index (χ0) is 29.4. The zero-order valence-electron chi connectivity index (χ0n) is 22.1. The smallest absolute Gasteiger partial charge is 0.255 e. The molecular weight excluding hydrogens is 573 g/mol. The summed E-state index contributed by atoms with van der Waals surface area (Å²) in [6.45, 7) is 1.83. The second-order valence-corrected chi connectivity index (χ2v) is 13.0. The summed E-state index contributed by atoms with van der Waals surface area (Å²) in [5.41, 5.74) is 1.27. The van der Waals surface area contributed by atoms with Gasteiger partial charge in [0.2, 0.25) is 32.7 Å². The van der Waals surface area contributed by atoms with E-state index in [1.165, 1.54) is 4.90 Å². The van der Waals surface area contributed by atoms with Crippen molar-refractivity contribution in [2.45, 2.75) is 63.1 Å². The van der Waals surface area contributed by atoms with Crippen molar-refractivity contribution in [1.29, 1.82) is 0 Å². The van der Waals surface area contributed by atoms with Crippen molar-refractivity contribution < 1.29 is 36.0 Å². The molecule has 1 saturated carbocycles. The summed E-state index contributed by atoms with van der Waals surface area (Å²) >= 11 is 6.14. The number of alkyl halides is 2. The van der Waals surface area contributed by atoms with E-state index >= 15 is 8.78 Å². The van der Waals surface area contributed by atoms with Crippen LogP contribution >= 0.6 is 11.6 Å². The van der Waals surface area contributed by atoms with Gasteiger partial charge in [-0.25, -0.2) is 17.2 Å². The Kier molecular flexibility index (Phi) is 8.74. The number of halogens is 4. The Labute approximate surface area is 235 Å². The fourth-order valence-corrected chi connectivity index (χ4v) is 6.41. The summed E-state index contributed by atoms with van der Waals surface area (Å²) in [7, 11) is -4.26. The van der Waals surface area contributed by atoms with Gasteiger partial charge in [0.25, 0.3) is 5.92 Å². The van der Waals surface area contributed by atoms with Crippen molar-refractivity contribution in [3.05, 3.63) is 40.0 Å². The molecule has 3 heterocycles. The first-order valence-corrected chi connectivity index (χ1v) is 15.3. The van der Waals surface area contributed by atoms with Gasteiger partial charge in [-0.1, -0.05) is 17.7 Å². The standard InChI is InChI=1S/C26H32ClF3N4O5S/c1-14-19(27)4-3-5-20(14)32-13-22(35)34-17-6-7-18(26(29,30)12-17)23(34)25(37)33-16(11-21(28)40(2,38)39)10-15-8-9-31-24(15)36/h3-5,11,15-18,23,32H,6-10,12-13H2,1-2H3,(H,31,36)(H,33,37)/b21-11-/t15-,16-,17+,18+,23+/m0/s1. The lowest BCUT2D eigenvalue weighted by atomic mass is 9.71. The molecule has 9 nitrogen and oxygen atoms in total. The Morgan fingerprint density at radius 2 is 2.00 bits per heavy atom. The van der Waals surface area contributed by atoms with Crippen LogP contribution in [0.3, 0.4) is 0 Å². The van der Waals surface area contributed by atoms with Crippen molar-refractivity contribution in [3.63, 3.8) is 0 Å². The van der Waals surface area contributed by atoms with Gasteiger partial charge in [-0.15, -0.1) is 0 Å². The van der Waals surface area contributed by atoms with Gasteiger partial charge in [-0.2, -0.15) is 4.39 Å². The number of amides is 3. The van der Waals surface area contributed by atoms with Crippen LogP contribution in [0.25, 0.3) is 0 Å². The fourth-order valence-electron chi connectivity index (χ4n) is 5.82. The molecule has 5 atom stereocenters. The third-order valence-electron chi connectivity index (χ3n) is 7.91. The Morgan fingerprint density at radius 3 is 2.62 bits per heavy atom. The molecule has 5 rings (SSSR count). The predicted molar refractivity (Wildman–Crippen MR) is 143 cm³/mol. The van der Waals surface area contributed by atoms with Crippen LogP contribution in [0.1, 0.15) is 37.7 Å². The molecule has 3 N–H and O–H groups in total. The topological polar surface area (TPSA) is 125 Å². The predicted octanol–water partition coefficient (Wildman–Crippen LogP) is 2.94. The van der Waals surface area contributed by atoms with Crippen LogP contribution in [-0.2, 0) is 24.2 Å². The Bertz CT molecular complexity index is 1330. The first-order valence-electron chi connectivity index (χ1n) is 13.0. The number of sulfone groups is 1. The van der Waals surface area contributed by atoms with E-state index in [-0.39, 0.29) is 25.3 Å². The van der Waals surface area contributed by atoms with E-state index in [1.807, 2.05) is 0 Å². The summed E-state index contributed by atoms with van der Waals surface area (Å²) in [6.07, 6.45) is 1.27. The minimum atomic E-state index is -4.26. The third-order valence-corrected chi connectivity index (χ3v) is 9.16. The summed E-state index contributed by atoms with van der Waals surface area (Å²) in [5, 5.41) is 7.01. The molecule has 2 bridgehead atoms. The molecule has 0 radical (unpaired) electrons. The number of carbonyl (C=O) groups is 3. The van der Waals surface area contributed by atoms with E-state index in [9.17, 15) is 27.2 Å². The van der Waals surface area contributed by atoms with E-state index < -0.39 is 69.1 Å². The summed E-state index contributed by atoms with van der Waals surface area (Å²) < 4.78 is 67.9. The van der Waals surface area contributed by atoms with E-state index in [2.05, 4.69) is 16.0 Å². The van der Waals surface area contributed by atoms with Crippen molar-refractivity contribution >= 4 is 44.8 Å². The van der Waals surface area contributed by atoms with E-state index in [4.69, 9.17) is 11.6 Å². The second kappa shape index (κ2) is 11.6. The number of rotatable bonds is 9. The highest BCUT2D eigenvalue weighted by atomic mass is 35.5. The maximum Gasteiger partial charge on any atom is 0.255 e. The summed E-state index contributed by atoms with van der Waals surface area (Å²) in [5.74, 6) is -7.20. The highest BCUT2D eigenvalue weighted by Crippen LogP contribution is 2.49.